The number of nitrogens with one attached hydrogen (secondary N) is 1. The lowest BCUT2D eigenvalue weighted by Gasteiger charge is -2.34. The summed E-state index contributed by atoms with van der Waals surface area (Å²) in [4.78, 5) is 38.7. The van der Waals surface area contributed by atoms with E-state index in [2.05, 4.69) is 5.32 Å². The molecule has 1 heterocycles. The fourth-order valence-electron chi connectivity index (χ4n) is 3.26. The van der Waals surface area contributed by atoms with Crippen LogP contribution in [0.25, 0.3) is 0 Å². The van der Waals surface area contributed by atoms with Gasteiger partial charge in [-0.25, -0.2) is 0 Å². The average molecular weight is 379 g/mol. The number of carbonyl (C=O) groups excluding carboxylic acids is 3. The first-order valence-corrected chi connectivity index (χ1v) is 9.42. The quantitative estimate of drug-likeness (QED) is 0.800. The van der Waals surface area contributed by atoms with Crippen LogP contribution in [0.1, 0.15) is 56.5 Å². The van der Waals surface area contributed by atoms with Gasteiger partial charge >= 0.3 is 0 Å². The van der Waals surface area contributed by atoms with Crippen molar-refractivity contribution in [3.63, 3.8) is 0 Å². The van der Waals surface area contributed by atoms with Crippen molar-refractivity contribution in [3.05, 3.63) is 34.3 Å². The van der Waals surface area contributed by atoms with E-state index in [9.17, 15) is 14.4 Å². The second-order valence-corrected chi connectivity index (χ2v) is 8.16. The zero-order chi connectivity index (χ0) is 19.5. The van der Waals surface area contributed by atoms with E-state index in [1.54, 1.807) is 17.0 Å². The standard InChI is InChI=1S/C20H27ClN2O3/c1-5-13-8-6-10-15(16(13)21)18(25)22-17(20(2,3)4)19(26)23-11-7-9-14(23)12-24/h6,8,10,12,14,17H,5,7,9,11H2,1-4H3,(H,22,25)/t14-,17+/m0/s1. The lowest BCUT2D eigenvalue weighted by molar-refractivity contribution is -0.138. The number of benzene rings is 1. The molecule has 142 valence electrons. The van der Waals surface area contributed by atoms with Crippen LogP contribution in [0.15, 0.2) is 18.2 Å². The summed E-state index contributed by atoms with van der Waals surface area (Å²) in [7, 11) is 0. The highest BCUT2D eigenvalue weighted by Gasteiger charge is 2.39. The van der Waals surface area contributed by atoms with Gasteiger partial charge in [0.15, 0.2) is 0 Å². The monoisotopic (exact) mass is 378 g/mol. The van der Waals surface area contributed by atoms with Crippen molar-refractivity contribution in [3.8, 4) is 0 Å². The van der Waals surface area contributed by atoms with Gasteiger partial charge in [0.25, 0.3) is 5.91 Å². The fraction of sp³-hybridized carbons (Fsp3) is 0.550. The molecule has 0 aromatic heterocycles. The van der Waals surface area contributed by atoms with Crippen LogP contribution in [-0.2, 0) is 16.0 Å². The zero-order valence-electron chi connectivity index (χ0n) is 15.8. The van der Waals surface area contributed by atoms with Gasteiger partial charge in [-0.2, -0.15) is 0 Å². The molecular weight excluding hydrogens is 352 g/mol. The molecule has 6 heteroatoms. The highest BCUT2D eigenvalue weighted by Crippen LogP contribution is 2.27. The molecule has 1 aliphatic rings. The summed E-state index contributed by atoms with van der Waals surface area (Å²) >= 11 is 6.35. The summed E-state index contributed by atoms with van der Waals surface area (Å²) in [5.41, 5.74) is 0.748. The van der Waals surface area contributed by atoms with Gasteiger partial charge < -0.3 is 15.0 Å². The second kappa shape index (κ2) is 8.21. The molecule has 26 heavy (non-hydrogen) atoms. The van der Waals surface area contributed by atoms with E-state index in [4.69, 9.17) is 11.6 Å². The van der Waals surface area contributed by atoms with Gasteiger partial charge in [0.1, 0.15) is 12.3 Å². The average Bonchev–Trinajstić information content (AvgIpc) is 3.06. The Balaban J connectivity index is 2.27. The summed E-state index contributed by atoms with van der Waals surface area (Å²) in [6.07, 6.45) is 3.00. The van der Waals surface area contributed by atoms with Crippen molar-refractivity contribution in [2.75, 3.05) is 6.54 Å². The second-order valence-electron chi connectivity index (χ2n) is 7.78. The van der Waals surface area contributed by atoms with Gasteiger partial charge in [0.2, 0.25) is 5.91 Å². The normalized spacial score (nSPS) is 18.5. The molecule has 1 saturated heterocycles. The molecule has 0 saturated carbocycles. The van der Waals surface area contributed by atoms with E-state index >= 15 is 0 Å². The molecule has 0 radical (unpaired) electrons. The molecule has 0 unspecified atom stereocenters. The molecule has 5 nitrogen and oxygen atoms in total. The van der Waals surface area contributed by atoms with Gasteiger partial charge in [-0.3, -0.25) is 9.59 Å². The maximum atomic E-state index is 13.1. The molecule has 2 rings (SSSR count). The van der Waals surface area contributed by atoms with Crippen molar-refractivity contribution in [2.45, 2.75) is 59.0 Å². The van der Waals surface area contributed by atoms with E-state index < -0.39 is 17.5 Å². The van der Waals surface area contributed by atoms with E-state index in [0.29, 0.717) is 23.6 Å². The molecule has 1 aromatic carbocycles. The Bertz CT molecular complexity index is 697. The van der Waals surface area contributed by atoms with Crippen molar-refractivity contribution in [2.24, 2.45) is 5.41 Å². The van der Waals surface area contributed by atoms with Gasteiger partial charge in [-0.1, -0.05) is 51.4 Å². The maximum Gasteiger partial charge on any atom is 0.253 e. The number of hydrogen-bond acceptors (Lipinski definition) is 3. The van der Waals surface area contributed by atoms with E-state index in [1.807, 2.05) is 33.8 Å². The Morgan fingerprint density at radius 3 is 2.65 bits per heavy atom. The number of amides is 2. The van der Waals surface area contributed by atoms with Crippen LogP contribution in [0.2, 0.25) is 5.02 Å². The third-order valence-electron chi connectivity index (χ3n) is 4.83. The molecule has 0 bridgehead atoms. The first kappa shape index (κ1) is 20.4. The highest BCUT2D eigenvalue weighted by atomic mass is 35.5. The number of likely N-dealkylation sites (tertiary alicyclic amines) is 1. The SMILES string of the molecule is CCc1cccc(C(=O)N[C@H](C(=O)N2CCC[C@H]2C=O)C(C)(C)C)c1Cl. The summed E-state index contributed by atoms with van der Waals surface area (Å²) in [5, 5.41) is 3.27. The topological polar surface area (TPSA) is 66.5 Å². The highest BCUT2D eigenvalue weighted by molar-refractivity contribution is 6.34. The number of aldehydes is 1. The minimum Gasteiger partial charge on any atom is -0.340 e. The number of nitrogens with zero attached hydrogens (tertiary/aromatic N) is 1. The van der Waals surface area contributed by atoms with Crippen molar-refractivity contribution in [1.82, 2.24) is 10.2 Å². The van der Waals surface area contributed by atoms with Crippen molar-refractivity contribution in [1.29, 1.82) is 0 Å². The van der Waals surface area contributed by atoms with Gasteiger partial charge in [0, 0.05) is 6.54 Å². The zero-order valence-corrected chi connectivity index (χ0v) is 16.6. The third-order valence-corrected chi connectivity index (χ3v) is 5.28. The Morgan fingerprint density at radius 1 is 1.38 bits per heavy atom. The molecule has 1 aliphatic heterocycles. The number of aryl methyl sites for hydroxylation is 1. The first-order valence-electron chi connectivity index (χ1n) is 9.04. The van der Waals surface area contributed by atoms with Crippen molar-refractivity contribution >= 4 is 29.7 Å². The summed E-state index contributed by atoms with van der Waals surface area (Å²) in [6, 6.07) is 4.18. The van der Waals surface area contributed by atoms with Crippen molar-refractivity contribution < 1.29 is 14.4 Å². The molecule has 2 amide bonds. The van der Waals surface area contributed by atoms with E-state index in [1.165, 1.54) is 0 Å². The molecule has 0 spiro atoms. The number of halogens is 1. The van der Waals surface area contributed by atoms with Crippen LogP contribution in [0, 0.1) is 5.41 Å². The third kappa shape index (κ3) is 4.26. The largest absolute Gasteiger partial charge is 0.340 e. The van der Waals surface area contributed by atoms with Crippen LogP contribution < -0.4 is 5.32 Å². The lowest BCUT2D eigenvalue weighted by Crippen LogP contribution is -2.56. The fourth-order valence-corrected chi connectivity index (χ4v) is 3.60. The Hall–Kier alpha value is -1.88. The van der Waals surface area contributed by atoms with Crippen LogP contribution >= 0.6 is 11.6 Å². The minimum absolute atomic E-state index is 0.219. The van der Waals surface area contributed by atoms with E-state index in [-0.39, 0.29) is 11.8 Å². The molecule has 1 N–H and O–H groups in total. The summed E-state index contributed by atoms with van der Waals surface area (Å²) < 4.78 is 0. The molecule has 1 fully saturated rings. The maximum absolute atomic E-state index is 13.1. The number of carbonyl (C=O) groups is 3. The van der Waals surface area contributed by atoms with Crippen LogP contribution in [0.3, 0.4) is 0 Å². The van der Waals surface area contributed by atoms with Crippen LogP contribution in [-0.4, -0.2) is 41.6 Å². The molecule has 2 atom stereocenters. The predicted molar refractivity (Wildman–Crippen MR) is 102 cm³/mol. The molecule has 1 aromatic rings. The number of hydrogen-bond donors (Lipinski definition) is 1. The Labute approximate surface area is 160 Å². The minimum atomic E-state index is -0.739. The molecule has 0 aliphatic carbocycles. The predicted octanol–water partition coefficient (Wildman–Crippen LogP) is 3.24. The van der Waals surface area contributed by atoms with E-state index in [0.717, 1.165) is 24.7 Å². The summed E-state index contributed by atoms with van der Waals surface area (Å²) in [6.45, 7) is 8.19. The lowest BCUT2D eigenvalue weighted by atomic mass is 9.85. The van der Waals surface area contributed by atoms with Gasteiger partial charge in [0.05, 0.1) is 16.6 Å². The number of rotatable bonds is 5. The van der Waals surface area contributed by atoms with Gasteiger partial charge in [-0.05, 0) is 36.3 Å². The van der Waals surface area contributed by atoms with Crippen LogP contribution in [0.5, 0.6) is 0 Å². The Kier molecular flexibility index (Phi) is 6.45. The van der Waals surface area contributed by atoms with Gasteiger partial charge in [-0.15, -0.1) is 0 Å². The Morgan fingerprint density at radius 2 is 2.08 bits per heavy atom. The smallest absolute Gasteiger partial charge is 0.253 e. The first-order chi connectivity index (χ1) is 12.2. The van der Waals surface area contributed by atoms with Crippen LogP contribution in [0.4, 0.5) is 0 Å². The molecular formula is C20H27ClN2O3. The summed E-state index contributed by atoms with van der Waals surface area (Å²) in [5.74, 6) is -0.594.